The van der Waals surface area contributed by atoms with Gasteiger partial charge in [-0.1, -0.05) is 12.1 Å². The highest BCUT2D eigenvalue weighted by atomic mass is 32.2. The lowest BCUT2D eigenvalue weighted by Crippen LogP contribution is -2.48. The van der Waals surface area contributed by atoms with E-state index in [4.69, 9.17) is 0 Å². The van der Waals surface area contributed by atoms with Gasteiger partial charge < -0.3 is 10.2 Å². The molecule has 1 N–H and O–H groups in total. The molecular weight excluding hydrogens is 378 g/mol. The molecule has 0 saturated carbocycles. The van der Waals surface area contributed by atoms with Crippen molar-refractivity contribution in [2.24, 2.45) is 0 Å². The number of thiophene rings is 1. The maximum Gasteiger partial charge on any atom is 0.244 e. The second kappa shape index (κ2) is 7.20. The molecule has 0 spiro atoms. The molecule has 2 aliphatic heterocycles. The van der Waals surface area contributed by atoms with Gasteiger partial charge in [-0.05, 0) is 55.3 Å². The van der Waals surface area contributed by atoms with E-state index in [1.54, 1.807) is 24.5 Å². The van der Waals surface area contributed by atoms with E-state index >= 15 is 0 Å². The van der Waals surface area contributed by atoms with Crippen molar-refractivity contribution in [2.75, 3.05) is 31.6 Å². The van der Waals surface area contributed by atoms with Gasteiger partial charge in [-0.25, -0.2) is 8.42 Å². The van der Waals surface area contributed by atoms with E-state index in [0.717, 1.165) is 30.8 Å². The van der Waals surface area contributed by atoms with Crippen LogP contribution < -0.4 is 10.2 Å². The zero-order valence-electron chi connectivity index (χ0n) is 16.1. The van der Waals surface area contributed by atoms with Crippen LogP contribution in [0.25, 0.3) is 0 Å². The van der Waals surface area contributed by atoms with Gasteiger partial charge in [-0.15, -0.1) is 11.3 Å². The van der Waals surface area contributed by atoms with Crippen molar-refractivity contribution in [3.8, 4) is 0 Å². The number of benzene rings is 1. The normalized spacial score (nSPS) is 23.4. The predicted molar refractivity (Wildman–Crippen MR) is 111 cm³/mol. The standard InChI is InChI=1S/C20H27N3O2S2/c1-14-5-4-6-18(15(14)2)23-10-7-16(8-11-23)21-17-13-22(3)27(24,25)19-9-12-26-20(17)19/h4-6,9,12,16-17,21H,7-8,10-11,13H2,1-3H3. The minimum Gasteiger partial charge on any atom is -0.371 e. The van der Waals surface area contributed by atoms with Gasteiger partial charge in [-0.2, -0.15) is 4.31 Å². The first-order chi connectivity index (χ1) is 12.9. The Morgan fingerprint density at radius 3 is 2.63 bits per heavy atom. The summed E-state index contributed by atoms with van der Waals surface area (Å²) in [6.07, 6.45) is 2.14. The molecule has 1 atom stereocenters. The third kappa shape index (κ3) is 3.42. The number of likely N-dealkylation sites (N-methyl/N-ethyl adjacent to an activating group) is 1. The second-order valence-electron chi connectivity index (χ2n) is 7.63. The number of aryl methyl sites for hydroxylation is 1. The Morgan fingerprint density at radius 1 is 1.15 bits per heavy atom. The highest BCUT2D eigenvalue weighted by molar-refractivity contribution is 7.89. The van der Waals surface area contributed by atoms with Gasteiger partial charge in [0.15, 0.2) is 0 Å². The van der Waals surface area contributed by atoms with Crippen LogP contribution in [-0.2, 0) is 10.0 Å². The molecule has 2 aliphatic rings. The fourth-order valence-electron chi connectivity index (χ4n) is 4.16. The summed E-state index contributed by atoms with van der Waals surface area (Å²) in [6.45, 7) is 6.93. The van der Waals surface area contributed by atoms with E-state index in [-0.39, 0.29) is 6.04 Å². The maximum atomic E-state index is 12.5. The van der Waals surface area contributed by atoms with Gasteiger partial charge in [0.05, 0.1) is 10.9 Å². The van der Waals surface area contributed by atoms with Crippen LogP contribution in [0.5, 0.6) is 0 Å². The van der Waals surface area contributed by atoms with Crippen molar-refractivity contribution in [3.05, 3.63) is 45.6 Å². The summed E-state index contributed by atoms with van der Waals surface area (Å²) in [5, 5.41) is 5.63. The molecule has 3 heterocycles. The lowest BCUT2D eigenvalue weighted by Gasteiger charge is -2.38. The molecule has 2 aromatic rings. The summed E-state index contributed by atoms with van der Waals surface area (Å²) in [7, 11) is -1.63. The van der Waals surface area contributed by atoms with Gasteiger partial charge in [0.1, 0.15) is 0 Å². The van der Waals surface area contributed by atoms with Crippen LogP contribution in [0.4, 0.5) is 5.69 Å². The molecule has 146 valence electrons. The van der Waals surface area contributed by atoms with Crippen molar-refractivity contribution < 1.29 is 8.42 Å². The van der Waals surface area contributed by atoms with Crippen LogP contribution in [0, 0.1) is 13.8 Å². The monoisotopic (exact) mass is 405 g/mol. The number of sulfonamides is 1. The minimum absolute atomic E-state index is 0.0887. The van der Waals surface area contributed by atoms with E-state index in [0.29, 0.717) is 17.5 Å². The Kier molecular flexibility index (Phi) is 5.05. The summed E-state index contributed by atoms with van der Waals surface area (Å²) in [6, 6.07) is 8.77. The number of hydrogen-bond donors (Lipinski definition) is 1. The topological polar surface area (TPSA) is 52.6 Å². The molecule has 5 nitrogen and oxygen atoms in total. The molecule has 1 fully saturated rings. The number of piperidine rings is 1. The molecular formula is C20H27N3O2S2. The quantitative estimate of drug-likeness (QED) is 0.851. The molecule has 0 amide bonds. The van der Waals surface area contributed by atoms with E-state index < -0.39 is 10.0 Å². The summed E-state index contributed by atoms with van der Waals surface area (Å²) in [5.41, 5.74) is 4.05. The van der Waals surface area contributed by atoms with Crippen LogP contribution >= 0.6 is 11.3 Å². The van der Waals surface area contributed by atoms with Gasteiger partial charge in [0.2, 0.25) is 10.0 Å². The molecule has 1 unspecified atom stereocenters. The average molecular weight is 406 g/mol. The predicted octanol–water partition coefficient (Wildman–Crippen LogP) is 3.30. The lowest BCUT2D eigenvalue weighted by atomic mass is 10.0. The highest BCUT2D eigenvalue weighted by Crippen LogP contribution is 2.36. The minimum atomic E-state index is -3.31. The van der Waals surface area contributed by atoms with Crippen LogP contribution in [0.3, 0.4) is 0 Å². The number of fused-ring (bicyclic) bond motifs is 1. The summed E-state index contributed by atoms with van der Waals surface area (Å²) >= 11 is 1.55. The smallest absolute Gasteiger partial charge is 0.244 e. The maximum absolute atomic E-state index is 12.5. The van der Waals surface area contributed by atoms with E-state index in [1.807, 2.05) is 5.38 Å². The first-order valence-corrected chi connectivity index (χ1v) is 11.8. The molecule has 0 bridgehead atoms. The third-order valence-corrected chi connectivity index (χ3v) is 8.99. The molecule has 0 radical (unpaired) electrons. The molecule has 1 aromatic heterocycles. The van der Waals surface area contributed by atoms with Crippen molar-refractivity contribution in [3.63, 3.8) is 0 Å². The van der Waals surface area contributed by atoms with E-state index in [1.165, 1.54) is 21.1 Å². The van der Waals surface area contributed by atoms with Crippen LogP contribution in [0.15, 0.2) is 34.5 Å². The Labute approximate surface area is 166 Å². The fraction of sp³-hybridized carbons (Fsp3) is 0.500. The van der Waals surface area contributed by atoms with Gasteiger partial charge in [-0.3, -0.25) is 0 Å². The Morgan fingerprint density at radius 2 is 1.89 bits per heavy atom. The lowest BCUT2D eigenvalue weighted by molar-refractivity contribution is 0.322. The van der Waals surface area contributed by atoms with Crippen molar-refractivity contribution in [1.82, 2.24) is 9.62 Å². The second-order valence-corrected chi connectivity index (χ2v) is 10.6. The van der Waals surface area contributed by atoms with Crippen molar-refractivity contribution in [1.29, 1.82) is 0 Å². The SMILES string of the molecule is Cc1cccc(N2CCC(NC3CN(C)S(=O)(=O)c4ccsc43)CC2)c1C. The number of anilines is 1. The molecule has 7 heteroatoms. The average Bonchev–Trinajstić information content (AvgIpc) is 3.14. The first kappa shape index (κ1) is 18.9. The first-order valence-electron chi connectivity index (χ1n) is 9.49. The number of rotatable bonds is 3. The highest BCUT2D eigenvalue weighted by Gasteiger charge is 2.36. The molecule has 0 aliphatic carbocycles. The summed E-state index contributed by atoms with van der Waals surface area (Å²) in [4.78, 5) is 3.92. The van der Waals surface area contributed by atoms with Gasteiger partial charge in [0, 0.05) is 43.3 Å². The van der Waals surface area contributed by atoms with E-state index in [2.05, 4.69) is 42.3 Å². The van der Waals surface area contributed by atoms with Crippen molar-refractivity contribution in [2.45, 2.75) is 43.7 Å². The largest absolute Gasteiger partial charge is 0.371 e. The fourth-order valence-corrected chi connectivity index (χ4v) is 6.87. The zero-order valence-corrected chi connectivity index (χ0v) is 17.7. The van der Waals surface area contributed by atoms with Crippen LogP contribution in [-0.4, -0.2) is 45.4 Å². The van der Waals surface area contributed by atoms with Crippen LogP contribution in [0.2, 0.25) is 0 Å². The number of nitrogens with zero attached hydrogens (tertiary/aromatic N) is 2. The molecule has 1 aromatic carbocycles. The summed E-state index contributed by atoms with van der Waals surface area (Å²) < 4.78 is 26.4. The van der Waals surface area contributed by atoms with E-state index in [9.17, 15) is 8.42 Å². The molecule has 1 saturated heterocycles. The van der Waals surface area contributed by atoms with Gasteiger partial charge in [0.25, 0.3) is 0 Å². The van der Waals surface area contributed by atoms with Gasteiger partial charge >= 0.3 is 0 Å². The Balaban J connectivity index is 1.44. The Hall–Kier alpha value is -1.41. The van der Waals surface area contributed by atoms with Crippen molar-refractivity contribution >= 4 is 27.0 Å². The number of nitrogens with one attached hydrogen (secondary N) is 1. The third-order valence-electron chi connectivity index (χ3n) is 5.95. The molecule has 27 heavy (non-hydrogen) atoms. The molecule has 4 rings (SSSR count). The van der Waals surface area contributed by atoms with Crippen LogP contribution in [0.1, 0.15) is 34.9 Å². The number of hydrogen-bond acceptors (Lipinski definition) is 5. The summed E-state index contributed by atoms with van der Waals surface area (Å²) in [5.74, 6) is 0. The zero-order chi connectivity index (χ0) is 19.2. The Bertz CT molecular complexity index is 930.